The molecular formula is C33H46O8. The van der Waals surface area contributed by atoms with Gasteiger partial charge < -0.3 is 24.1 Å². The Kier molecular flexibility index (Phi) is 6.63. The lowest BCUT2D eigenvalue weighted by atomic mass is 9.36. The highest BCUT2D eigenvalue weighted by molar-refractivity contribution is 5.87. The Labute approximate surface area is 243 Å². The molecule has 2 heterocycles. The van der Waals surface area contributed by atoms with Gasteiger partial charge in [-0.15, -0.1) is 0 Å². The number of cyclic esters (lactones) is 1. The molecule has 1 N–H and O–H groups in total. The fraction of sp³-hybridized carbons (Fsp3) is 0.788. The summed E-state index contributed by atoms with van der Waals surface area (Å²) in [6.07, 6.45) is 5.29. The van der Waals surface area contributed by atoms with Gasteiger partial charge in [-0.1, -0.05) is 45.4 Å². The second kappa shape index (κ2) is 9.40. The predicted octanol–water partition coefficient (Wildman–Crippen LogP) is 4.53. The van der Waals surface area contributed by atoms with E-state index in [1.807, 2.05) is 6.92 Å². The maximum atomic E-state index is 13.3. The molecule has 12 atom stereocenters. The van der Waals surface area contributed by atoms with E-state index in [0.29, 0.717) is 31.6 Å². The van der Waals surface area contributed by atoms with Crippen LogP contribution in [0.25, 0.3) is 0 Å². The van der Waals surface area contributed by atoms with Gasteiger partial charge in [0.2, 0.25) is 0 Å². The summed E-state index contributed by atoms with van der Waals surface area (Å²) in [5.41, 5.74) is -0.0429. The first-order chi connectivity index (χ1) is 19.2. The Morgan fingerprint density at radius 2 is 1.85 bits per heavy atom. The van der Waals surface area contributed by atoms with E-state index in [1.54, 1.807) is 13.0 Å². The van der Waals surface area contributed by atoms with Crippen molar-refractivity contribution in [3.05, 3.63) is 23.3 Å². The lowest BCUT2D eigenvalue weighted by molar-refractivity contribution is -0.263. The minimum Gasteiger partial charge on any atom is -0.465 e. The van der Waals surface area contributed by atoms with E-state index < -0.39 is 40.7 Å². The maximum Gasteiger partial charge on any atom is 0.333 e. The number of carbonyl (C=O) groups excluding carboxylic acids is 3. The van der Waals surface area contributed by atoms with Crippen LogP contribution in [0.3, 0.4) is 0 Å². The quantitative estimate of drug-likeness (QED) is 0.227. The third-order valence-electron chi connectivity index (χ3n) is 12.9. The largest absolute Gasteiger partial charge is 0.465 e. The van der Waals surface area contributed by atoms with Crippen LogP contribution in [0.15, 0.2) is 23.3 Å². The highest BCUT2D eigenvalue weighted by Gasteiger charge is 2.77. The van der Waals surface area contributed by atoms with E-state index in [9.17, 15) is 19.5 Å². The van der Waals surface area contributed by atoms with Crippen LogP contribution in [-0.4, -0.2) is 60.6 Å². The van der Waals surface area contributed by atoms with Crippen LogP contribution >= 0.6 is 0 Å². The van der Waals surface area contributed by atoms with Gasteiger partial charge in [0.15, 0.2) is 0 Å². The summed E-state index contributed by atoms with van der Waals surface area (Å²) in [5, 5.41) is 12.4. The van der Waals surface area contributed by atoms with Crippen LogP contribution in [-0.2, 0) is 33.3 Å². The monoisotopic (exact) mass is 570 g/mol. The molecule has 0 bridgehead atoms. The molecule has 0 amide bonds. The smallest absolute Gasteiger partial charge is 0.333 e. The van der Waals surface area contributed by atoms with E-state index in [1.165, 1.54) is 12.5 Å². The molecule has 6 aliphatic rings. The van der Waals surface area contributed by atoms with Gasteiger partial charge in [-0.3, -0.25) is 9.59 Å². The number of aliphatic hydroxyl groups is 1. The normalized spacial score (nSPS) is 50.3. The third-order valence-corrected chi connectivity index (χ3v) is 12.9. The van der Waals surface area contributed by atoms with E-state index in [4.69, 9.17) is 18.9 Å². The lowest BCUT2D eigenvalue weighted by Gasteiger charge is -2.69. The number of aliphatic hydroxyl groups excluding tert-OH is 1. The molecule has 4 aliphatic carbocycles. The minimum atomic E-state index is -0.775. The standard InChI is InChI=1S/C33H46O8/c1-8-17(2)29(37)41-24-14-23(40-18(3)34)31(5)16-39-26-27(31)33(24,7)22-11-12-30(4)20(19-13-25(35)38-15-19)9-10-21(30)32(22,6)28(26)36/h8,10,19-20,22-24,26-28,36H,9,11-16H2,1-7H3. The summed E-state index contributed by atoms with van der Waals surface area (Å²) in [6, 6.07) is 0. The molecule has 0 spiro atoms. The van der Waals surface area contributed by atoms with Gasteiger partial charge in [-0.2, -0.15) is 0 Å². The summed E-state index contributed by atoms with van der Waals surface area (Å²) < 4.78 is 24.2. The van der Waals surface area contributed by atoms with Gasteiger partial charge in [-0.25, -0.2) is 4.79 Å². The molecule has 8 heteroatoms. The molecule has 0 aromatic heterocycles. The number of carbonyl (C=O) groups is 3. The molecule has 2 saturated heterocycles. The zero-order valence-corrected chi connectivity index (χ0v) is 25.5. The number of esters is 3. The van der Waals surface area contributed by atoms with Crippen LogP contribution in [0.4, 0.5) is 0 Å². The summed E-state index contributed by atoms with van der Waals surface area (Å²) in [7, 11) is 0. The van der Waals surface area contributed by atoms with Crippen molar-refractivity contribution in [2.75, 3.05) is 13.2 Å². The van der Waals surface area contributed by atoms with Crippen LogP contribution in [0.1, 0.15) is 80.6 Å². The summed E-state index contributed by atoms with van der Waals surface area (Å²) in [5.74, 6) is -0.568. The Morgan fingerprint density at radius 1 is 1.12 bits per heavy atom. The van der Waals surface area contributed by atoms with Gasteiger partial charge in [0.25, 0.3) is 0 Å². The number of hydrogen-bond acceptors (Lipinski definition) is 8. The van der Waals surface area contributed by atoms with Crippen LogP contribution in [0.2, 0.25) is 0 Å². The SMILES string of the molecule is CC=C(C)C(=O)OC1CC(OC(C)=O)C2(C)COC3C(O)C4(C)C5=CCC(C6COC(=O)C6)C5(C)CCC4C1(C)C32. The lowest BCUT2D eigenvalue weighted by Crippen LogP contribution is -2.73. The van der Waals surface area contributed by atoms with E-state index in [0.717, 1.165) is 19.3 Å². The molecule has 0 radical (unpaired) electrons. The third kappa shape index (κ3) is 3.74. The molecule has 2 aliphatic heterocycles. The molecular weight excluding hydrogens is 524 g/mol. The van der Waals surface area contributed by atoms with Crippen LogP contribution in [0.5, 0.6) is 0 Å². The van der Waals surface area contributed by atoms with Gasteiger partial charge in [0, 0.05) is 47.0 Å². The van der Waals surface area contributed by atoms with Crippen molar-refractivity contribution >= 4 is 17.9 Å². The molecule has 0 aromatic carbocycles. The highest BCUT2D eigenvalue weighted by Crippen LogP contribution is 2.75. The van der Waals surface area contributed by atoms with Crippen LogP contribution < -0.4 is 0 Å². The molecule has 12 unspecified atom stereocenters. The Balaban J connectivity index is 1.45. The zero-order chi connectivity index (χ0) is 29.7. The molecule has 41 heavy (non-hydrogen) atoms. The second-order valence-electron chi connectivity index (χ2n) is 14.7. The van der Waals surface area contributed by atoms with Crippen molar-refractivity contribution in [2.45, 2.75) is 105 Å². The predicted molar refractivity (Wildman–Crippen MR) is 149 cm³/mol. The van der Waals surface area contributed by atoms with Gasteiger partial charge >= 0.3 is 17.9 Å². The zero-order valence-electron chi connectivity index (χ0n) is 25.5. The van der Waals surface area contributed by atoms with Crippen molar-refractivity contribution in [3.8, 4) is 0 Å². The molecule has 226 valence electrons. The Hall–Kier alpha value is -2.19. The molecule has 3 saturated carbocycles. The number of allylic oxidation sites excluding steroid dienone is 2. The Morgan fingerprint density at radius 3 is 2.49 bits per heavy atom. The maximum absolute atomic E-state index is 13.3. The fourth-order valence-corrected chi connectivity index (χ4v) is 10.9. The van der Waals surface area contributed by atoms with E-state index in [2.05, 4.69) is 33.8 Å². The first kappa shape index (κ1) is 28.9. The number of hydrogen-bond donors (Lipinski definition) is 1. The van der Waals surface area contributed by atoms with Crippen molar-refractivity contribution in [1.82, 2.24) is 0 Å². The number of rotatable bonds is 4. The molecule has 6 rings (SSSR count). The Bertz CT molecular complexity index is 1220. The van der Waals surface area contributed by atoms with Gasteiger partial charge in [0.1, 0.15) is 12.2 Å². The molecule has 8 nitrogen and oxygen atoms in total. The number of ether oxygens (including phenoxy) is 4. The van der Waals surface area contributed by atoms with Crippen molar-refractivity contribution in [3.63, 3.8) is 0 Å². The van der Waals surface area contributed by atoms with E-state index in [-0.39, 0.29) is 47.0 Å². The van der Waals surface area contributed by atoms with Gasteiger partial charge in [-0.05, 0) is 50.4 Å². The van der Waals surface area contributed by atoms with Crippen LogP contribution in [0, 0.1) is 45.3 Å². The average molecular weight is 571 g/mol. The van der Waals surface area contributed by atoms with Crippen molar-refractivity contribution < 1.29 is 38.4 Å². The van der Waals surface area contributed by atoms with Crippen molar-refractivity contribution in [2.24, 2.45) is 45.3 Å². The first-order valence-corrected chi connectivity index (χ1v) is 15.4. The van der Waals surface area contributed by atoms with E-state index >= 15 is 0 Å². The van der Waals surface area contributed by atoms with Crippen molar-refractivity contribution in [1.29, 1.82) is 0 Å². The topological polar surface area (TPSA) is 108 Å². The van der Waals surface area contributed by atoms with Gasteiger partial charge in [0.05, 0.1) is 31.8 Å². The summed E-state index contributed by atoms with van der Waals surface area (Å²) in [4.78, 5) is 37.6. The number of fused-ring (bicyclic) bond motifs is 4. The second-order valence-corrected chi connectivity index (χ2v) is 14.7. The molecule has 5 fully saturated rings. The average Bonchev–Trinajstić information content (AvgIpc) is 3.60. The fourth-order valence-electron chi connectivity index (χ4n) is 10.9. The highest BCUT2D eigenvalue weighted by atomic mass is 16.6. The molecule has 0 aromatic rings. The minimum absolute atomic E-state index is 0.00815. The first-order valence-electron chi connectivity index (χ1n) is 15.4. The summed E-state index contributed by atoms with van der Waals surface area (Å²) >= 11 is 0. The summed E-state index contributed by atoms with van der Waals surface area (Å²) in [6.45, 7) is 14.7.